The Morgan fingerprint density at radius 2 is 2.35 bits per heavy atom. The largest absolute Gasteiger partial charge is 0.478 e. The molecule has 1 aromatic carbocycles. The number of carbonyl (C=O) groups excluding carboxylic acids is 1. The Morgan fingerprint density at radius 1 is 1.59 bits per heavy atom. The minimum Gasteiger partial charge on any atom is -0.478 e. The maximum Gasteiger partial charge on any atom is 0.335 e. The summed E-state index contributed by atoms with van der Waals surface area (Å²) in [5.74, 6) is 1.28. The van der Waals surface area contributed by atoms with Gasteiger partial charge >= 0.3 is 5.97 Å². The lowest BCUT2D eigenvalue weighted by atomic mass is 10.1. The van der Waals surface area contributed by atoms with Gasteiger partial charge in [0.25, 0.3) is 0 Å². The molecule has 17 heavy (non-hydrogen) atoms. The number of carbonyl (C=O) groups is 2. The summed E-state index contributed by atoms with van der Waals surface area (Å²) < 4.78 is 0. The Kier molecular flexibility index (Phi) is 2.71. The predicted octanol–water partition coefficient (Wildman–Crippen LogP) is 0.776. The number of hydrogen-bond acceptors (Lipinski definition) is 3. The van der Waals surface area contributed by atoms with Crippen molar-refractivity contribution < 1.29 is 14.7 Å². The fraction of sp³-hybridized carbons (Fsp3) is 0.167. The summed E-state index contributed by atoms with van der Waals surface area (Å²) in [6.45, 7) is 0.407. The van der Waals surface area contributed by atoms with Gasteiger partial charge in [0.05, 0.1) is 30.0 Å². The molecule has 0 atom stereocenters. The van der Waals surface area contributed by atoms with Gasteiger partial charge in [0, 0.05) is 0 Å². The number of amides is 1. The molecule has 0 saturated carbocycles. The molecule has 1 aliphatic heterocycles. The van der Waals surface area contributed by atoms with Crippen LogP contribution >= 0.6 is 0 Å². The van der Waals surface area contributed by atoms with Crippen LogP contribution in [0.3, 0.4) is 0 Å². The first kappa shape index (κ1) is 11.0. The molecule has 0 fully saturated rings. The molecule has 0 radical (unpaired) electrons. The highest BCUT2D eigenvalue weighted by Gasteiger charge is 2.22. The molecule has 0 bridgehead atoms. The Bertz CT molecular complexity index is 531. The molecule has 1 aromatic rings. The van der Waals surface area contributed by atoms with E-state index in [1.807, 2.05) is 0 Å². The van der Waals surface area contributed by atoms with E-state index < -0.39 is 5.97 Å². The van der Waals surface area contributed by atoms with E-state index in [-0.39, 0.29) is 24.6 Å². The molecule has 0 aliphatic carbocycles. The molecule has 5 heteroatoms. The van der Waals surface area contributed by atoms with Crippen molar-refractivity contribution in [2.24, 2.45) is 0 Å². The number of carboxylic acid groups (broad SMARTS) is 1. The van der Waals surface area contributed by atoms with E-state index >= 15 is 0 Å². The first-order valence-corrected chi connectivity index (χ1v) is 4.97. The SMILES string of the molecule is C#CCN1CC(=O)Nc2ccc(C(=O)O)cc21. The van der Waals surface area contributed by atoms with Crippen LogP contribution < -0.4 is 10.2 Å². The van der Waals surface area contributed by atoms with Crippen LogP contribution in [0, 0.1) is 12.3 Å². The van der Waals surface area contributed by atoms with Crippen molar-refractivity contribution in [2.75, 3.05) is 23.3 Å². The van der Waals surface area contributed by atoms with Gasteiger partial charge in [0.1, 0.15) is 0 Å². The van der Waals surface area contributed by atoms with Gasteiger partial charge < -0.3 is 15.3 Å². The molecule has 0 unspecified atom stereocenters. The Balaban J connectivity index is 2.46. The van der Waals surface area contributed by atoms with E-state index in [1.54, 1.807) is 11.0 Å². The Labute approximate surface area is 98.0 Å². The topological polar surface area (TPSA) is 69.6 Å². The zero-order valence-electron chi connectivity index (χ0n) is 8.93. The van der Waals surface area contributed by atoms with E-state index in [0.29, 0.717) is 11.4 Å². The first-order chi connectivity index (χ1) is 8.11. The average molecular weight is 230 g/mol. The van der Waals surface area contributed by atoms with Crippen molar-refractivity contribution in [2.45, 2.75) is 0 Å². The van der Waals surface area contributed by atoms with E-state index in [2.05, 4.69) is 11.2 Å². The molecule has 0 spiro atoms. The van der Waals surface area contributed by atoms with E-state index in [0.717, 1.165) is 0 Å². The Hall–Kier alpha value is -2.48. The second kappa shape index (κ2) is 4.18. The number of benzene rings is 1. The molecule has 1 amide bonds. The number of terminal acetylenes is 1. The molecule has 1 heterocycles. The molecule has 0 aromatic heterocycles. The monoisotopic (exact) mass is 230 g/mol. The second-order valence-electron chi connectivity index (χ2n) is 3.65. The first-order valence-electron chi connectivity index (χ1n) is 4.97. The van der Waals surface area contributed by atoms with Gasteiger partial charge in [-0.1, -0.05) is 5.92 Å². The minimum absolute atomic E-state index is 0.139. The normalized spacial score (nSPS) is 13.6. The second-order valence-corrected chi connectivity index (χ2v) is 3.65. The van der Waals surface area contributed by atoms with Crippen molar-refractivity contribution in [1.82, 2.24) is 0 Å². The zero-order chi connectivity index (χ0) is 12.4. The van der Waals surface area contributed by atoms with E-state index in [1.165, 1.54) is 12.1 Å². The van der Waals surface area contributed by atoms with Gasteiger partial charge in [-0.3, -0.25) is 4.79 Å². The van der Waals surface area contributed by atoms with E-state index in [4.69, 9.17) is 11.5 Å². The summed E-state index contributed by atoms with van der Waals surface area (Å²) in [4.78, 5) is 23.9. The smallest absolute Gasteiger partial charge is 0.335 e. The molecule has 86 valence electrons. The molecular formula is C12H10N2O3. The number of anilines is 2. The van der Waals surface area contributed by atoms with Crippen molar-refractivity contribution in [3.63, 3.8) is 0 Å². The van der Waals surface area contributed by atoms with Crippen LogP contribution in [0.25, 0.3) is 0 Å². The zero-order valence-corrected chi connectivity index (χ0v) is 8.93. The van der Waals surface area contributed by atoms with Crippen molar-refractivity contribution in [1.29, 1.82) is 0 Å². The van der Waals surface area contributed by atoms with Crippen molar-refractivity contribution in [3.05, 3.63) is 23.8 Å². The van der Waals surface area contributed by atoms with Crippen LogP contribution in [-0.4, -0.2) is 30.1 Å². The summed E-state index contributed by atoms with van der Waals surface area (Å²) in [6, 6.07) is 4.52. The summed E-state index contributed by atoms with van der Waals surface area (Å²) in [5.41, 5.74) is 1.39. The predicted molar refractivity (Wildman–Crippen MR) is 63.1 cm³/mol. The fourth-order valence-corrected chi connectivity index (χ4v) is 1.73. The van der Waals surface area contributed by atoms with Gasteiger partial charge in [0.15, 0.2) is 0 Å². The van der Waals surface area contributed by atoms with Gasteiger partial charge in [-0.05, 0) is 18.2 Å². The minimum atomic E-state index is -1.01. The molecule has 2 N–H and O–H groups in total. The maximum absolute atomic E-state index is 11.4. The molecule has 2 rings (SSSR count). The van der Waals surface area contributed by atoms with Crippen LogP contribution in [0.5, 0.6) is 0 Å². The van der Waals surface area contributed by atoms with Crippen LogP contribution in [0.15, 0.2) is 18.2 Å². The van der Waals surface area contributed by atoms with Crippen LogP contribution in [0.1, 0.15) is 10.4 Å². The number of nitrogens with zero attached hydrogens (tertiary/aromatic N) is 1. The number of rotatable bonds is 2. The lowest BCUT2D eigenvalue weighted by Gasteiger charge is -2.29. The third-order valence-electron chi connectivity index (χ3n) is 2.48. The molecule has 0 saturated heterocycles. The lowest BCUT2D eigenvalue weighted by molar-refractivity contribution is -0.115. The quantitative estimate of drug-likeness (QED) is 0.736. The van der Waals surface area contributed by atoms with Gasteiger partial charge in [0.2, 0.25) is 5.91 Å². The van der Waals surface area contributed by atoms with Crippen LogP contribution in [0.2, 0.25) is 0 Å². The Morgan fingerprint density at radius 3 is 3.00 bits per heavy atom. The summed E-state index contributed by atoms with van der Waals surface area (Å²) >= 11 is 0. The van der Waals surface area contributed by atoms with Crippen molar-refractivity contribution in [3.8, 4) is 12.3 Å². The van der Waals surface area contributed by atoms with Gasteiger partial charge in [-0.2, -0.15) is 0 Å². The fourth-order valence-electron chi connectivity index (χ4n) is 1.73. The molecular weight excluding hydrogens is 220 g/mol. The summed E-state index contributed by atoms with van der Waals surface area (Å²) in [6.07, 6.45) is 5.22. The van der Waals surface area contributed by atoms with E-state index in [9.17, 15) is 9.59 Å². The third-order valence-corrected chi connectivity index (χ3v) is 2.48. The van der Waals surface area contributed by atoms with Crippen molar-refractivity contribution >= 4 is 23.3 Å². The van der Waals surface area contributed by atoms with Gasteiger partial charge in [-0.15, -0.1) is 6.42 Å². The number of nitrogens with one attached hydrogen (secondary N) is 1. The highest BCUT2D eigenvalue weighted by Crippen LogP contribution is 2.30. The maximum atomic E-state index is 11.4. The highest BCUT2D eigenvalue weighted by molar-refractivity contribution is 6.02. The number of aromatic carboxylic acids is 1. The average Bonchev–Trinajstić information content (AvgIpc) is 2.28. The standard InChI is InChI=1S/C12H10N2O3/c1-2-5-14-7-11(15)13-9-4-3-8(12(16)17)6-10(9)14/h1,3-4,6H,5,7H2,(H,13,15)(H,16,17). The van der Waals surface area contributed by atoms with Gasteiger partial charge in [-0.25, -0.2) is 4.79 Å². The third kappa shape index (κ3) is 2.06. The summed E-state index contributed by atoms with van der Waals surface area (Å²) in [7, 11) is 0. The molecule has 1 aliphatic rings. The molecule has 5 nitrogen and oxygen atoms in total. The summed E-state index contributed by atoms with van der Waals surface area (Å²) in [5, 5.41) is 11.6. The van der Waals surface area contributed by atoms with Crippen LogP contribution in [-0.2, 0) is 4.79 Å². The number of fused-ring (bicyclic) bond motifs is 1. The number of carboxylic acids is 1. The lowest BCUT2D eigenvalue weighted by Crippen LogP contribution is -2.38. The number of hydrogen-bond donors (Lipinski definition) is 2. The van der Waals surface area contributed by atoms with Crippen LogP contribution in [0.4, 0.5) is 11.4 Å². The highest BCUT2D eigenvalue weighted by atomic mass is 16.4.